The highest BCUT2D eigenvalue weighted by molar-refractivity contribution is 5.75. The highest BCUT2D eigenvalue weighted by atomic mass is 16.1. The Labute approximate surface area is 113 Å². The molecule has 0 saturated heterocycles. The van der Waals surface area contributed by atoms with Crippen LogP contribution in [0.25, 0.3) is 0 Å². The number of unbranched alkanes of at least 4 members (excludes halogenated alkanes) is 7. The second-order valence-corrected chi connectivity index (χ2v) is 5.38. The van der Waals surface area contributed by atoms with Gasteiger partial charge in [0, 0.05) is 6.42 Å². The Morgan fingerprint density at radius 1 is 0.889 bits per heavy atom. The molecule has 0 heterocycles. The molecule has 0 fully saturated rings. The Morgan fingerprint density at radius 3 is 1.89 bits per heavy atom. The molecule has 18 heavy (non-hydrogen) atoms. The van der Waals surface area contributed by atoms with Crippen molar-refractivity contribution in [1.82, 2.24) is 0 Å². The summed E-state index contributed by atoms with van der Waals surface area (Å²) < 4.78 is 0. The highest BCUT2D eigenvalue weighted by Gasteiger charge is 1.95. The van der Waals surface area contributed by atoms with E-state index in [-0.39, 0.29) is 0 Å². The third-order valence-electron chi connectivity index (χ3n) is 3.36. The fourth-order valence-corrected chi connectivity index (χ4v) is 1.89. The Kier molecular flexibility index (Phi) is 10.7. The Morgan fingerprint density at radius 2 is 1.39 bits per heavy atom. The van der Waals surface area contributed by atoms with Crippen molar-refractivity contribution in [2.75, 3.05) is 0 Å². The van der Waals surface area contributed by atoms with Gasteiger partial charge >= 0.3 is 0 Å². The topological polar surface area (TPSA) is 17.1 Å². The Hall–Kier alpha value is -0.850. The van der Waals surface area contributed by atoms with Gasteiger partial charge < -0.3 is 4.79 Å². The van der Waals surface area contributed by atoms with Crippen LogP contribution >= 0.6 is 0 Å². The van der Waals surface area contributed by atoms with Gasteiger partial charge in [-0.3, -0.25) is 0 Å². The van der Waals surface area contributed by atoms with Crippen LogP contribution in [0.5, 0.6) is 0 Å². The predicted octanol–water partition coefficient (Wildman–Crippen LogP) is 5.61. The van der Waals surface area contributed by atoms with Crippen LogP contribution in [-0.4, -0.2) is 5.78 Å². The summed E-state index contributed by atoms with van der Waals surface area (Å²) in [5, 5.41) is 0. The van der Waals surface area contributed by atoms with Crippen molar-refractivity contribution >= 4 is 5.78 Å². The van der Waals surface area contributed by atoms with E-state index in [1.54, 1.807) is 6.92 Å². The number of allylic oxidation sites excluding steroid dienone is 3. The summed E-state index contributed by atoms with van der Waals surface area (Å²) in [5.41, 5.74) is 2.51. The van der Waals surface area contributed by atoms with Crippen LogP contribution in [-0.2, 0) is 4.79 Å². The van der Waals surface area contributed by atoms with Gasteiger partial charge in [-0.1, -0.05) is 55.9 Å². The fourth-order valence-electron chi connectivity index (χ4n) is 1.89. The van der Waals surface area contributed by atoms with E-state index in [0.717, 1.165) is 12.8 Å². The van der Waals surface area contributed by atoms with E-state index >= 15 is 0 Å². The molecule has 1 nitrogen and oxygen atoms in total. The average Bonchev–Trinajstić information content (AvgIpc) is 2.30. The van der Waals surface area contributed by atoms with Gasteiger partial charge in [-0.05, 0) is 40.0 Å². The third-order valence-corrected chi connectivity index (χ3v) is 3.36. The number of rotatable bonds is 11. The van der Waals surface area contributed by atoms with Gasteiger partial charge in [-0.25, -0.2) is 0 Å². The molecule has 0 aromatic heterocycles. The molecule has 0 aliphatic heterocycles. The molecule has 1 heteroatoms. The summed E-state index contributed by atoms with van der Waals surface area (Å²) in [6.07, 6.45) is 13.1. The van der Waals surface area contributed by atoms with Crippen LogP contribution in [0.1, 0.15) is 78.6 Å². The quantitative estimate of drug-likeness (QED) is 0.344. The number of ketones is 1. The van der Waals surface area contributed by atoms with Gasteiger partial charge in [-0.2, -0.15) is 0 Å². The predicted molar refractivity (Wildman–Crippen MR) is 80.8 cm³/mol. The average molecular weight is 250 g/mol. The second-order valence-electron chi connectivity index (χ2n) is 5.38. The third kappa shape index (κ3) is 11.6. The fraction of sp³-hybridized carbons (Fsp3) is 0.706. The molecule has 0 radical (unpaired) electrons. The van der Waals surface area contributed by atoms with Crippen molar-refractivity contribution < 1.29 is 4.79 Å². The maximum Gasteiger partial charge on any atom is 0.129 e. The van der Waals surface area contributed by atoms with E-state index in [4.69, 9.17) is 0 Å². The Balaban J connectivity index is 3.24. The molecular weight excluding hydrogens is 220 g/mol. The number of carbonyl (C=O) groups excluding carboxylic acids is 1. The first-order chi connectivity index (χ1) is 8.54. The molecule has 0 amide bonds. The van der Waals surface area contributed by atoms with Crippen LogP contribution < -0.4 is 0 Å². The minimum Gasteiger partial charge on any atom is -0.300 e. The molecule has 0 aliphatic carbocycles. The first-order valence-corrected chi connectivity index (χ1v) is 7.36. The van der Waals surface area contributed by atoms with Crippen LogP contribution in [0.3, 0.4) is 0 Å². The van der Waals surface area contributed by atoms with Crippen molar-refractivity contribution in [1.29, 1.82) is 0 Å². The molecule has 0 aliphatic rings. The second kappa shape index (κ2) is 11.3. The van der Waals surface area contributed by atoms with E-state index in [0.29, 0.717) is 5.78 Å². The molecule has 0 aromatic rings. The van der Waals surface area contributed by atoms with Gasteiger partial charge in [0.1, 0.15) is 5.78 Å². The SMILES string of the molecule is C=C(C)/C(C)=C/CCCCCCCCCC(C)=O. The van der Waals surface area contributed by atoms with Gasteiger partial charge in [0.2, 0.25) is 0 Å². The van der Waals surface area contributed by atoms with E-state index in [1.165, 1.54) is 56.1 Å². The van der Waals surface area contributed by atoms with Gasteiger partial charge in [0.05, 0.1) is 0 Å². The minimum absolute atomic E-state index is 0.328. The molecule has 0 bridgehead atoms. The molecule has 104 valence electrons. The largest absolute Gasteiger partial charge is 0.300 e. The molecule has 0 saturated carbocycles. The lowest BCUT2D eigenvalue weighted by Crippen LogP contribution is -1.89. The summed E-state index contributed by atoms with van der Waals surface area (Å²) in [5.74, 6) is 0.328. The molecular formula is C17H30O. The van der Waals surface area contributed by atoms with Crippen LogP contribution in [0.2, 0.25) is 0 Å². The van der Waals surface area contributed by atoms with E-state index in [2.05, 4.69) is 26.5 Å². The van der Waals surface area contributed by atoms with Crippen molar-refractivity contribution in [3.63, 3.8) is 0 Å². The zero-order valence-corrected chi connectivity index (χ0v) is 12.6. The van der Waals surface area contributed by atoms with Crippen molar-refractivity contribution in [2.24, 2.45) is 0 Å². The molecule has 0 unspecified atom stereocenters. The van der Waals surface area contributed by atoms with Crippen molar-refractivity contribution in [3.05, 3.63) is 23.8 Å². The molecule has 0 N–H and O–H groups in total. The van der Waals surface area contributed by atoms with Crippen LogP contribution in [0.4, 0.5) is 0 Å². The zero-order valence-electron chi connectivity index (χ0n) is 12.6. The number of hydrogen-bond donors (Lipinski definition) is 0. The summed E-state index contributed by atoms with van der Waals surface area (Å²) in [4.78, 5) is 10.7. The molecule has 0 rings (SSSR count). The first kappa shape index (κ1) is 17.2. The van der Waals surface area contributed by atoms with Gasteiger partial charge in [0.25, 0.3) is 0 Å². The standard InChI is InChI=1S/C17H30O/c1-15(2)16(3)13-11-9-7-5-6-8-10-12-14-17(4)18/h13H,1,5-12,14H2,2-4H3/b16-13+. The van der Waals surface area contributed by atoms with Gasteiger partial charge in [-0.15, -0.1) is 0 Å². The monoisotopic (exact) mass is 250 g/mol. The van der Waals surface area contributed by atoms with Crippen LogP contribution in [0.15, 0.2) is 23.8 Å². The van der Waals surface area contributed by atoms with Crippen LogP contribution in [0, 0.1) is 0 Å². The van der Waals surface area contributed by atoms with E-state index < -0.39 is 0 Å². The highest BCUT2D eigenvalue weighted by Crippen LogP contribution is 2.12. The lowest BCUT2D eigenvalue weighted by molar-refractivity contribution is -0.117. The maximum atomic E-state index is 10.7. The van der Waals surface area contributed by atoms with Crippen molar-refractivity contribution in [2.45, 2.75) is 78.6 Å². The molecule has 0 atom stereocenters. The number of carbonyl (C=O) groups is 1. The van der Waals surface area contributed by atoms with Gasteiger partial charge in [0.15, 0.2) is 0 Å². The van der Waals surface area contributed by atoms with Crippen molar-refractivity contribution in [3.8, 4) is 0 Å². The van der Waals surface area contributed by atoms with E-state index in [9.17, 15) is 4.79 Å². The minimum atomic E-state index is 0.328. The summed E-state index contributed by atoms with van der Waals surface area (Å²) in [6.45, 7) is 9.81. The summed E-state index contributed by atoms with van der Waals surface area (Å²) in [6, 6.07) is 0. The van der Waals surface area contributed by atoms with E-state index in [1.807, 2.05) is 0 Å². The number of Topliss-reactive ketones (excluding diaryl/α,β-unsaturated/α-hetero) is 1. The first-order valence-electron chi connectivity index (χ1n) is 7.36. The summed E-state index contributed by atoms with van der Waals surface area (Å²) in [7, 11) is 0. The normalized spacial score (nSPS) is 11.6. The Bertz CT molecular complexity index is 273. The molecule has 0 spiro atoms. The zero-order chi connectivity index (χ0) is 13.8. The molecule has 0 aromatic carbocycles. The lowest BCUT2D eigenvalue weighted by atomic mass is 10.0. The maximum absolute atomic E-state index is 10.7. The smallest absolute Gasteiger partial charge is 0.129 e. The lowest BCUT2D eigenvalue weighted by Gasteiger charge is -2.01. The number of hydrogen-bond acceptors (Lipinski definition) is 1. The summed E-state index contributed by atoms with van der Waals surface area (Å²) >= 11 is 0.